The molecule has 0 atom stereocenters. The van der Waals surface area contributed by atoms with Gasteiger partial charge in [-0.2, -0.15) is 4.39 Å². The highest BCUT2D eigenvalue weighted by molar-refractivity contribution is 14.1. The van der Waals surface area contributed by atoms with Gasteiger partial charge in [0.15, 0.2) is 55.7 Å². The van der Waals surface area contributed by atoms with Crippen LogP contribution in [0.1, 0.15) is 90.6 Å². The largest absolute Gasteiger partial charge is 0.871 e. The first kappa shape index (κ1) is 112. The van der Waals surface area contributed by atoms with E-state index in [1.807, 2.05) is 201 Å². The molecule has 0 fully saturated rings. The van der Waals surface area contributed by atoms with E-state index in [9.17, 15) is 71.4 Å². The number of nitrogens with zero attached hydrogens (tertiary/aromatic N) is 1. The molecule has 137 heavy (non-hydrogen) atoms. The van der Waals surface area contributed by atoms with Gasteiger partial charge in [-0.15, -0.1) is 0 Å². The van der Waals surface area contributed by atoms with Crippen molar-refractivity contribution in [1.29, 1.82) is 0 Å². The van der Waals surface area contributed by atoms with Crippen LogP contribution in [0, 0.1) is 74.9 Å². The smallest absolute Gasteiger partial charge is 0.343 e. The maximum Gasteiger partial charge on any atom is 0.343 e. The summed E-state index contributed by atoms with van der Waals surface area (Å²) in [5.74, 6) is -14.9. The monoisotopic (exact) mass is 3040 g/mol. The third kappa shape index (κ3) is 30.7. The minimum Gasteiger partial charge on any atom is -0.871 e. The fourth-order valence-electron chi connectivity index (χ4n) is 12.5. The molecule has 16 nitrogen and oxygen atoms in total. The molecule has 15 aromatic rings. The van der Waals surface area contributed by atoms with Crippen molar-refractivity contribution in [2.45, 2.75) is 83.0 Å². The van der Waals surface area contributed by atoms with Crippen molar-refractivity contribution >= 4 is 306 Å². The zero-order chi connectivity index (χ0) is 99.7. The number of nitro groups is 1. The summed E-state index contributed by atoms with van der Waals surface area (Å²) in [7, 11) is -0.630. The SMILES string of the molecule is CC(C)(OC(=O)c1c(F)cccc1I)c1ccc([S+](c2ccccc2)c2ccccc2)cc1.CC(C)(OC(=O)c1cc(Cl)ccc1I)c1ccc([S+](c2ccccc2)c2ccccc2)cc1.Ic1cc(I)c(OCOc2ccc([S+](c3ccccc3)c3ccccc3)cc2)c(I)c1.O=C(O)c1c(I)ccc(I)c1[O-].O=C([O-])c1c(F)c(F)c(F)c(F)c1[N+](=O)[O-].O=C([O-])c1c(I)ccc(I)c1I. The van der Waals surface area contributed by atoms with E-state index < -0.39 is 86.1 Å². The number of aromatic carboxylic acids is 3. The first-order chi connectivity index (χ1) is 65.2. The number of carbonyl (C=O) groups excluding carboxylic acids is 4. The highest BCUT2D eigenvalue weighted by atomic mass is 127. The van der Waals surface area contributed by atoms with Gasteiger partial charge in [-0.3, -0.25) is 10.1 Å². The van der Waals surface area contributed by atoms with Crippen molar-refractivity contribution < 1.29 is 90.2 Å². The minimum absolute atomic E-state index is 0.0301. The van der Waals surface area contributed by atoms with Crippen LogP contribution in [0.2, 0.25) is 5.02 Å². The van der Waals surface area contributed by atoms with E-state index in [0.29, 0.717) is 26.9 Å². The molecule has 0 aliphatic carbocycles. The Bertz CT molecular complexity index is 6530. The molecule has 15 aromatic carbocycles. The van der Waals surface area contributed by atoms with Gasteiger partial charge in [-0.1, -0.05) is 157 Å². The zero-order valence-corrected chi connectivity index (χ0v) is 96.0. The van der Waals surface area contributed by atoms with E-state index in [-0.39, 0.29) is 56.6 Å². The molecule has 15 rings (SSSR count). The zero-order valence-electron chi connectivity index (χ0n) is 71.3. The number of halogens is 16. The Labute approximate surface area is 936 Å². The highest BCUT2D eigenvalue weighted by Crippen LogP contribution is 2.40. The van der Waals surface area contributed by atoms with Gasteiger partial charge in [0, 0.05) is 39.1 Å². The lowest BCUT2D eigenvalue weighted by Crippen LogP contribution is -2.26. The molecule has 35 heteroatoms. The molecule has 0 aromatic heterocycles. The molecule has 1 N–H and O–H groups in total. The summed E-state index contributed by atoms with van der Waals surface area (Å²) in [6, 6.07) is 109. The van der Waals surface area contributed by atoms with E-state index in [2.05, 4.69) is 331 Å². The Kier molecular flexibility index (Phi) is 43.4. The van der Waals surface area contributed by atoms with Crippen molar-refractivity contribution in [2.75, 3.05) is 6.79 Å². The quantitative estimate of drug-likeness (QED) is 0.00719. The Morgan fingerprint density at radius 1 is 0.372 bits per heavy atom. The molecule has 702 valence electrons. The maximum absolute atomic E-state index is 14.2. The van der Waals surface area contributed by atoms with Crippen LogP contribution in [0.5, 0.6) is 17.2 Å². The van der Waals surface area contributed by atoms with Crippen molar-refractivity contribution in [3.05, 3.63) is 446 Å². The van der Waals surface area contributed by atoms with Gasteiger partial charge in [-0.25, -0.2) is 31.9 Å². The van der Waals surface area contributed by atoms with Crippen LogP contribution in [0.15, 0.2) is 372 Å². The van der Waals surface area contributed by atoms with E-state index >= 15 is 0 Å². The maximum atomic E-state index is 14.2. The van der Waals surface area contributed by atoms with E-state index in [0.717, 1.165) is 44.0 Å². The van der Waals surface area contributed by atoms with E-state index in [1.54, 1.807) is 42.5 Å². The predicted octanol–water partition coefficient (Wildman–Crippen LogP) is 27.8. The van der Waals surface area contributed by atoms with Gasteiger partial charge in [0.05, 0.1) is 67.8 Å². The molecule has 0 aliphatic rings. The van der Waals surface area contributed by atoms with Crippen LogP contribution in [0.4, 0.5) is 27.6 Å². The summed E-state index contributed by atoms with van der Waals surface area (Å²) in [5.41, 5.74) is -3.32. The number of esters is 2. The number of hydrogen-bond acceptors (Lipinski definition) is 14. The third-order valence-electron chi connectivity index (χ3n) is 19.1. The Morgan fingerprint density at radius 3 is 1.08 bits per heavy atom. The van der Waals surface area contributed by atoms with Gasteiger partial charge >= 0.3 is 23.6 Å². The van der Waals surface area contributed by atoms with Gasteiger partial charge in [0.2, 0.25) is 18.4 Å². The van der Waals surface area contributed by atoms with Crippen LogP contribution in [0.3, 0.4) is 0 Å². The van der Waals surface area contributed by atoms with Crippen LogP contribution in [0.25, 0.3) is 0 Å². The molecule has 0 aliphatic heterocycles. The van der Waals surface area contributed by atoms with Crippen molar-refractivity contribution in [1.82, 2.24) is 0 Å². The lowest BCUT2D eigenvalue weighted by molar-refractivity contribution is -0.389. The average Bonchev–Trinajstić information content (AvgIpc) is 0.798. The molecular formula is C102H69ClF5I10NO15S3. The van der Waals surface area contributed by atoms with Crippen molar-refractivity contribution in [3.63, 3.8) is 0 Å². The molecule has 0 unspecified atom stereocenters. The molecule has 0 saturated carbocycles. The molecule has 0 bridgehead atoms. The second kappa shape index (κ2) is 53.2. The summed E-state index contributed by atoms with van der Waals surface area (Å²) < 4.78 is 96.4. The highest BCUT2D eigenvalue weighted by Gasteiger charge is 2.37. The summed E-state index contributed by atoms with van der Waals surface area (Å²) in [4.78, 5) is 76.8. The number of nitro benzene ring substituents is 1. The van der Waals surface area contributed by atoms with Crippen molar-refractivity contribution in [3.8, 4) is 17.2 Å². The van der Waals surface area contributed by atoms with Crippen LogP contribution in [-0.2, 0) is 53.4 Å². The Morgan fingerprint density at radius 2 is 0.715 bits per heavy atom. The van der Waals surface area contributed by atoms with Gasteiger partial charge in [0.1, 0.15) is 39.6 Å². The van der Waals surface area contributed by atoms with Gasteiger partial charge < -0.3 is 49.0 Å². The number of carboxylic acid groups (broad SMARTS) is 3. The van der Waals surface area contributed by atoms with Crippen LogP contribution in [-0.4, -0.2) is 46.7 Å². The van der Waals surface area contributed by atoms with Gasteiger partial charge in [0.25, 0.3) is 0 Å². The Balaban J connectivity index is 0.000000177. The Hall–Kier alpha value is -7.26. The van der Waals surface area contributed by atoms with Gasteiger partial charge in [-0.05, 0) is 453 Å². The molecular weight excluding hydrogens is 2970 g/mol. The summed E-state index contributed by atoms with van der Waals surface area (Å²) >= 11 is 26.8. The number of benzene rings is 15. The average molecular weight is 3040 g/mol. The fraction of sp³-hybridized carbons (Fsp3) is 0.0686. The van der Waals surface area contributed by atoms with E-state index in [4.69, 9.17) is 35.7 Å². The molecule has 0 amide bonds. The lowest BCUT2D eigenvalue weighted by atomic mass is 9.98. The first-order valence-electron chi connectivity index (χ1n) is 39.7. The summed E-state index contributed by atoms with van der Waals surface area (Å²) in [6.45, 7) is 7.63. The van der Waals surface area contributed by atoms with Crippen molar-refractivity contribution in [2.24, 2.45) is 0 Å². The molecule has 0 spiro atoms. The normalized spacial score (nSPS) is 10.9. The lowest BCUT2D eigenvalue weighted by Gasteiger charge is -2.26. The molecule has 0 radical (unpaired) electrons. The van der Waals surface area contributed by atoms with Crippen LogP contribution >= 0.6 is 238 Å². The predicted molar refractivity (Wildman–Crippen MR) is 600 cm³/mol. The number of hydrogen-bond donors (Lipinski definition) is 1. The topological polar surface area (TPSA) is 255 Å². The molecule has 0 saturated heterocycles. The number of rotatable bonds is 23. The standard InChI is InChI=1S/C28H23ClIO2S.C28H23FIO2S.C25H18I3O2S.C7HF4NO4.C7H3I3O2.C7H4I2O3/c1-28(2,32-27(31)25-19-21(29)15-18-26(25)30)20-13-16-24(17-14-20)33(22-9-5-3-6-10-22)23-11-7-4-8-12-23;1-28(2,32-27(31)26-24(29)14-9-15-25(26)30)20-16-18-23(19-17-20)33(21-10-5-3-6-11-21)22-12-7-4-8-13-22;26-18-15-23(27)25(24(28)16-18)30-17-29-19-11-13-22(14-12-19)31(20-7-3-1-4-8-20)21-9-5-2-6-10-21;8-2-1(7(13)14)6(12(15)16)5(11)4(10)3(2)9;2*8-3-1-2-4(9)6(10)5(3)7(11)12/h2*3-19H,1-2H3;1-16H,17H2;(H,13,14);1-2H,(H,11,12);1-2,10H,(H,11,12)/q3*+1;;;/p-3. The number of carbonyl (C=O) groups is 5. The third-order valence-corrected chi connectivity index (χ3v) is 35.7. The fourth-order valence-corrected chi connectivity index (χ4v) is 27.5. The number of carboxylic acids is 3. The molecule has 0 heterocycles. The van der Waals surface area contributed by atoms with Crippen LogP contribution < -0.4 is 24.8 Å². The minimum atomic E-state index is -2.53. The number of ether oxygens (including phenoxy) is 4. The first-order valence-corrected chi connectivity index (χ1v) is 54.6. The second-order valence-electron chi connectivity index (χ2n) is 29.0. The second-order valence-corrected chi connectivity index (χ2v) is 47.1. The van der Waals surface area contributed by atoms with E-state index in [1.165, 1.54) is 53.7 Å². The summed E-state index contributed by atoms with van der Waals surface area (Å²) in [5, 5.41) is 51.5. The summed E-state index contributed by atoms with van der Waals surface area (Å²) in [6.07, 6.45) is 0.